The first-order valence-corrected chi connectivity index (χ1v) is 14.1. The van der Waals surface area contributed by atoms with Crippen molar-refractivity contribution in [3.05, 3.63) is 65.7 Å². The summed E-state index contributed by atoms with van der Waals surface area (Å²) < 4.78 is 13.1. The smallest absolute Gasteiger partial charge is 0.399 e. The number of rotatable bonds is 1. The Morgan fingerprint density at radius 1 is 0.778 bits per heavy atom. The van der Waals surface area contributed by atoms with Crippen LogP contribution in [0.2, 0.25) is 0 Å². The van der Waals surface area contributed by atoms with Crippen LogP contribution >= 0.6 is 0 Å². The number of benzene rings is 3. The van der Waals surface area contributed by atoms with E-state index in [4.69, 9.17) is 9.31 Å². The first-order valence-electron chi connectivity index (χ1n) is 14.1. The lowest BCUT2D eigenvalue weighted by atomic mass is 9.49. The van der Waals surface area contributed by atoms with Gasteiger partial charge in [-0.1, -0.05) is 68.4 Å². The zero-order valence-corrected chi connectivity index (χ0v) is 22.7. The minimum atomic E-state index is -0.336. The highest BCUT2D eigenvalue weighted by Crippen LogP contribution is 2.65. The van der Waals surface area contributed by atoms with Crippen molar-refractivity contribution < 1.29 is 9.31 Å². The molecule has 36 heavy (non-hydrogen) atoms. The molecule has 0 radical (unpaired) electrons. The minimum Gasteiger partial charge on any atom is -0.399 e. The zero-order valence-electron chi connectivity index (χ0n) is 22.7. The van der Waals surface area contributed by atoms with Crippen LogP contribution in [0, 0.1) is 23.7 Å². The molecular formula is C33H39BO2. The molecule has 2 bridgehead atoms. The topological polar surface area (TPSA) is 18.5 Å². The second-order valence-electron chi connectivity index (χ2n) is 13.5. The van der Waals surface area contributed by atoms with Gasteiger partial charge in [0.15, 0.2) is 0 Å². The van der Waals surface area contributed by atoms with Crippen LogP contribution in [0.15, 0.2) is 54.6 Å². The van der Waals surface area contributed by atoms with Crippen LogP contribution in [0.3, 0.4) is 0 Å². The Morgan fingerprint density at radius 2 is 1.50 bits per heavy atom. The van der Waals surface area contributed by atoms with Gasteiger partial charge in [0.25, 0.3) is 0 Å². The molecule has 4 aliphatic rings. The molecule has 1 spiro atoms. The molecule has 1 heterocycles. The van der Waals surface area contributed by atoms with E-state index >= 15 is 0 Å². The average Bonchev–Trinajstić information content (AvgIpc) is 3.25. The standard InChI is InChI=1S/C33H39BO2/c1-20-15-22-17-21(2)33(24(16-20)18-22)29-19-25(34-35-31(3,4)32(5,6)36-34)12-14-27(29)28-13-11-23-9-7-8-10-26(23)30(28)33/h7-14,19-22,24H,15-18H2,1-6H3. The third-order valence-electron chi connectivity index (χ3n) is 10.8. The van der Waals surface area contributed by atoms with Crippen molar-refractivity contribution in [1.29, 1.82) is 0 Å². The number of fused-ring (bicyclic) bond motifs is 10. The van der Waals surface area contributed by atoms with Gasteiger partial charge in [-0.25, -0.2) is 0 Å². The molecule has 0 aromatic heterocycles. The number of hydrogen-bond donors (Lipinski definition) is 0. The molecule has 3 heteroatoms. The molecule has 1 saturated heterocycles. The summed E-state index contributed by atoms with van der Waals surface area (Å²) >= 11 is 0. The third-order valence-corrected chi connectivity index (χ3v) is 10.8. The van der Waals surface area contributed by atoms with E-state index < -0.39 is 0 Å². The van der Waals surface area contributed by atoms with E-state index in [1.807, 2.05) is 0 Å². The van der Waals surface area contributed by atoms with Crippen LogP contribution < -0.4 is 5.46 Å². The first-order chi connectivity index (χ1) is 17.1. The van der Waals surface area contributed by atoms with Crippen LogP contribution in [0.5, 0.6) is 0 Å². The Balaban J connectivity index is 1.48. The van der Waals surface area contributed by atoms with Gasteiger partial charge in [-0.05, 0) is 116 Å². The highest BCUT2D eigenvalue weighted by atomic mass is 16.7. The summed E-state index contributed by atoms with van der Waals surface area (Å²) in [5.74, 6) is 2.95. The van der Waals surface area contributed by atoms with Crippen LogP contribution in [-0.2, 0) is 14.7 Å². The van der Waals surface area contributed by atoms with E-state index in [9.17, 15) is 0 Å². The van der Waals surface area contributed by atoms with E-state index in [1.165, 1.54) is 58.6 Å². The van der Waals surface area contributed by atoms with E-state index in [1.54, 1.807) is 5.56 Å². The first kappa shape index (κ1) is 23.1. The van der Waals surface area contributed by atoms with Gasteiger partial charge in [0, 0.05) is 5.41 Å². The predicted octanol–water partition coefficient (Wildman–Crippen LogP) is 7.50. The largest absolute Gasteiger partial charge is 0.494 e. The van der Waals surface area contributed by atoms with Crippen molar-refractivity contribution in [1.82, 2.24) is 0 Å². The van der Waals surface area contributed by atoms with E-state index in [0.29, 0.717) is 11.8 Å². The maximum atomic E-state index is 6.54. The SMILES string of the molecule is CC1CC2CC(C)C3(c4cc(B5OC(C)(C)C(C)(C)O5)ccc4-c4ccc5ccccc5c43)C(C1)C2. The molecule has 3 aromatic carbocycles. The highest BCUT2D eigenvalue weighted by molar-refractivity contribution is 6.62. The van der Waals surface area contributed by atoms with E-state index in [-0.39, 0.29) is 23.7 Å². The lowest BCUT2D eigenvalue weighted by molar-refractivity contribution is 0.00578. The molecule has 1 aliphatic heterocycles. The Labute approximate surface area is 216 Å². The van der Waals surface area contributed by atoms with Gasteiger partial charge in [0.2, 0.25) is 0 Å². The van der Waals surface area contributed by atoms with Gasteiger partial charge in [-0.3, -0.25) is 0 Å². The van der Waals surface area contributed by atoms with E-state index in [0.717, 1.165) is 11.8 Å². The normalized spacial score (nSPS) is 33.7. The van der Waals surface area contributed by atoms with Crippen LogP contribution in [0.1, 0.15) is 78.4 Å². The minimum absolute atomic E-state index is 0.0519. The van der Waals surface area contributed by atoms with Crippen molar-refractivity contribution in [2.75, 3.05) is 0 Å². The molecule has 5 unspecified atom stereocenters. The molecule has 3 fully saturated rings. The highest BCUT2D eigenvalue weighted by Gasteiger charge is 2.58. The summed E-state index contributed by atoms with van der Waals surface area (Å²) in [6.07, 6.45) is 5.41. The maximum absolute atomic E-state index is 6.54. The summed E-state index contributed by atoms with van der Waals surface area (Å²) in [5, 5.41) is 2.82. The summed E-state index contributed by atoms with van der Waals surface area (Å²) in [5.41, 5.74) is 6.57. The van der Waals surface area contributed by atoms with Gasteiger partial charge >= 0.3 is 7.12 Å². The van der Waals surface area contributed by atoms with Gasteiger partial charge in [0.1, 0.15) is 0 Å². The van der Waals surface area contributed by atoms with Crippen LogP contribution in [0.25, 0.3) is 21.9 Å². The fourth-order valence-electron chi connectivity index (χ4n) is 8.68. The number of hydrogen-bond acceptors (Lipinski definition) is 2. The fourth-order valence-corrected chi connectivity index (χ4v) is 8.68. The van der Waals surface area contributed by atoms with Gasteiger partial charge in [0.05, 0.1) is 11.2 Å². The second-order valence-corrected chi connectivity index (χ2v) is 13.5. The maximum Gasteiger partial charge on any atom is 0.494 e. The second kappa shape index (κ2) is 7.48. The van der Waals surface area contributed by atoms with Crippen molar-refractivity contribution >= 4 is 23.4 Å². The molecule has 3 aromatic rings. The molecule has 2 saturated carbocycles. The predicted molar refractivity (Wildman–Crippen MR) is 150 cm³/mol. The molecule has 0 amide bonds. The lowest BCUT2D eigenvalue weighted by Crippen LogP contribution is -2.49. The molecule has 0 N–H and O–H groups in total. The van der Waals surface area contributed by atoms with E-state index in [2.05, 4.69) is 96.1 Å². The molecular weight excluding hydrogens is 439 g/mol. The van der Waals surface area contributed by atoms with Crippen molar-refractivity contribution in [3.63, 3.8) is 0 Å². The van der Waals surface area contributed by atoms with Crippen molar-refractivity contribution in [2.24, 2.45) is 23.7 Å². The molecule has 5 atom stereocenters. The Kier molecular flexibility index (Phi) is 4.79. The van der Waals surface area contributed by atoms with Crippen molar-refractivity contribution in [2.45, 2.75) is 83.8 Å². The average molecular weight is 478 g/mol. The Bertz CT molecular complexity index is 1350. The molecule has 3 aliphatic carbocycles. The summed E-state index contributed by atoms with van der Waals surface area (Å²) in [4.78, 5) is 0. The van der Waals surface area contributed by atoms with Crippen LogP contribution in [0.4, 0.5) is 0 Å². The zero-order chi connectivity index (χ0) is 25.0. The summed E-state index contributed by atoms with van der Waals surface area (Å²) in [7, 11) is -0.324. The third kappa shape index (κ3) is 2.93. The Hall–Kier alpha value is -2.10. The molecule has 7 rings (SSSR count). The fraction of sp³-hybridized carbons (Fsp3) is 0.515. The van der Waals surface area contributed by atoms with Crippen LogP contribution in [-0.4, -0.2) is 18.3 Å². The summed E-state index contributed by atoms with van der Waals surface area (Å²) in [6, 6.07) is 21.0. The Morgan fingerprint density at radius 3 is 2.28 bits per heavy atom. The van der Waals surface area contributed by atoms with Gasteiger partial charge < -0.3 is 9.31 Å². The quantitative estimate of drug-likeness (QED) is 0.337. The summed E-state index contributed by atoms with van der Waals surface area (Å²) in [6.45, 7) is 13.6. The van der Waals surface area contributed by atoms with Gasteiger partial charge in [-0.15, -0.1) is 0 Å². The van der Waals surface area contributed by atoms with Crippen molar-refractivity contribution in [3.8, 4) is 11.1 Å². The molecule has 186 valence electrons. The lowest BCUT2D eigenvalue weighted by Gasteiger charge is -2.54. The molecule has 2 nitrogen and oxygen atoms in total. The monoisotopic (exact) mass is 478 g/mol. The van der Waals surface area contributed by atoms with Gasteiger partial charge in [-0.2, -0.15) is 0 Å².